The standard InChI is InChI=1S/C26H30F3N3O2/c27-26(28,29)20-8-9-23-19(14-20)15-22(25(33)30-16-18-6-7-18)24-17-31(10-11-32(23)24)12-13-34-21-4-2-1-3-5-21/h1-5,8-9,14,18,22,24H,6-7,10-13,15-17H2,(H,30,33)/t22-,24-/m0/s1. The van der Waals surface area contributed by atoms with E-state index in [2.05, 4.69) is 15.1 Å². The fraction of sp³-hybridized carbons (Fsp3) is 0.500. The van der Waals surface area contributed by atoms with Gasteiger partial charge in [-0.1, -0.05) is 18.2 Å². The molecule has 8 heteroatoms. The van der Waals surface area contributed by atoms with Crippen molar-refractivity contribution in [3.05, 3.63) is 59.7 Å². The van der Waals surface area contributed by atoms with Crippen LogP contribution in [-0.4, -0.2) is 56.2 Å². The zero-order valence-corrected chi connectivity index (χ0v) is 19.1. The number of piperazine rings is 1. The van der Waals surface area contributed by atoms with Gasteiger partial charge >= 0.3 is 6.18 Å². The van der Waals surface area contributed by atoms with Crippen molar-refractivity contribution in [2.75, 3.05) is 44.2 Å². The Morgan fingerprint density at radius 1 is 1.09 bits per heavy atom. The highest BCUT2D eigenvalue weighted by Gasteiger charge is 2.42. The molecular weight excluding hydrogens is 443 g/mol. The number of nitrogens with zero attached hydrogens (tertiary/aromatic N) is 2. The second-order valence-electron chi connectivity index (χ2n) is 9.56. The molecule has 1 aliphatic carbocycles. The Labute approximate surface area is 197 Å². The highest BCUT2D eigenvalue weighted by atomic mass is 19.4. The molecule has 1 N–H and O–H groups in total. The Morgan fingerprint density at radius 3 is 2.62 bits per heavy atom. The maximum Gasteiger partial charge on any atom is 0.416 e. The number of carbonyl (C=O) groups is 1. The van der Waals surface area contributed by atoms with Gasteiger partial charge in [-0.15, -0.1) is 0 Å². The summed E-state index contributed by atoms with van der Waals surface area (Å²) in [5.74, 6) is 0.941. The molecule has 2 aromatic rings. The lowest BCUT2D eigenvalue weighted by molar-refractivity contribution is -0.137. The van der Waals surface area contributed by atoms with Crippen molar-refractivity contribution < 1.29 is 22.7 Å². The summed E-state index contributed by atoms with van der Waals surface area (Å²) >= 11 is 0. The number of benzene rings is 2. The first kappa shape index (κ1) is 23.0. The van der Waals surface area contributed by atoms with E-state index >= 15 is 0 Å². The third-order valence-electron chi connectivity index (χ3n) is 7.14. The van der Waals surface area contributed by atoms with Crippen molar-refractivity contribution in [3.63, 3.8) is 0 Å². The number of alkyl halides is 3. The summed E-state index contributed by atoms with van der Waals surface area (Å²) in [6.45, 7) is 4.05. The first-order chi connectivity index (χ1) is 16.4. The molecule has 0 radical (unpaired) electrons. The normalized spacial score (nSPS) is 22.6. The Morgan fingerprint density at radius 2 is 1.88 bits per heavy atom. The molecule has 0 aromatic heterocycles. The number of hydrogen-bond acceptors (Lipinski definition) is 4. The summed E-state index contributed by atoms with van der Waals surface area (Å²) in [6, 6.07) is 13.5. The molecule has 1 amide bonds. The molecule has 5 nitrogen and oxygen atoms in total. The molecule has 1 saturated heterocycles. The average molecular weight is 474 g/mol. The predicted molar refractivity (Wildman–Crippen MR) is 124 cm³/mol. The van der Waals surface area contributed by atoms with Gasteiger partial charge in [-0.2, -0.15) is 13.2 Å². The number of hydrogen-bond donors (Lipinski definition) is 1. The Bertz CT molecular complexity index is 1010. The molecule has 2 aromatic carbocycles. The number of anilines is 1. The summed E-state index contributed by atoms with van der Waals surface area (Å²) < 4.78 is 45.9. The highest BCUT2D eigenvalue weighted by molar-refractivity contribution is 5.82. The van der Waals surface area contributed by atoms with Crippen LogP contribution in [0.3, 0.4) is 0 Å². The van der Waals surface area contributed by atoms with E-state index in [0.717, 1.165) is 43.4 Å². The van der Waals surface area contributed by atoms with Crippen LogP contribution in [0.15, 0.2) is 48.5 Å². The summed E-state index contributed by atoms with van der Waals surface area (Å²) in [7, 11) is 0. The third-order valence-corrected chi connectivity index (χ3v) is 7.14. The lowest BCUT2D eigenvalue weighted by Crippen LogP contribution is -2.61. The molecule has 2 aliphatic heterocycles. The first-order valence-corrected chi connectivity index (χ1v) is 12.0. The second-order valence-corrected chi connectivity index (χ2v) is 9.56. The van der Waals surface area contributed by atoms with Crippen LogP contribution in [0.25, 0.3) is 0 Å². The molecule has 5 rings (SSSR count). The lowest BCUT2D eigenvalue weighted by Gasteiger charge is -2.49. The van der Waals surface area contributed by atoms with Crippen LogP contribution in [0.2, 0.25) is 0 Å². The van der Waals surface area contributed by atoms with Gasteiger partial charge in [-0.05, 0) is 61.1 Å². The summed E-state index contributed by atoms with van der Waals surface area (Å²) in [6.07, 6.45) is -1.81. The van der Waals surface area contributed by atoms with Gasteiger partial charge in [0.1, 0.15) is 12.4 Å². The topological polar surface area (TPSA) is 44.8 Å². The number of fused-ring (bicyclic) bond motifs is 3. The number of para-hydroxylation sites is 1. The molecule has 0 bridgehead atoms. The van der Waals surface area contributed by atoms with Gasteiger partial charge in [-0.25, -0.2) is 0 Å². The Balaban J connectivity index is 1.31. The molecule has 182 valence electrons. The number of rotatable bonds is 7. The van der Waals surface area contributed by atoms with Gasteiger partial charge in [0.05, 0.1) is 17.5 Å². The minimum atomic E-state index is -4.40. The van der Waals surface area contributed by atoms with E-state index in [0.29, 0.717) is 44.1 Å². The van der Waals surface area contributed by atoms with Crippen LogP contribution < -0.4 is 15.0 Å². The van der Waals surface area contributed by atoms with Gasteiger partial charge in [0.2, 0.25) is 5.91 Å². The van der Waals surface area contributed by atoms with Gasteiger partial charge in [0.25, 0.3) is 0 Å². The maximum absolute atomic E-state index is 13.3. The number of nitrogens with one attached hydrogen (secondary N) is 1. The molecule has 0 unspecified atom stereocenters. The monoisotopic (exact) mass is 473 g/mol. The van der Waals surface area contributed by atoms with Crippen LogP contribution in [0.1, 0.15) is 24.0 Å². The number of ether oxygens (including phenoxy) is 1. The van der Waals surface area contributed by atoms with Crippen molar-refractivity contribution >= 4 is 11.6 Å². The third kappa shape index (κ3) is 5.17. The van der Waals surface area contributed by atoms with E-state index < -0.39 is 11.7 Å². The van der Waals surface area contributed by atoms with Crippen LogP contribution >= 0.6 is 0 Å². The van der Waals surface area contributed by atoms with Crippen molar-refractivity contribution in [1.82, 2.24) is 10.2 Å². The molecule has 2 fully saturated rings. The molecule has 2 heterocycles. The van der Waals surface area contributed by atoms with E-state index in [1.54, 1.807) is 6.07 Å². The molecule has 2 atom stereocenters. The fourth-order valence-electron chi connectivity index (χ4n) is 5.07. The predicted octanol–water partition coefficient (Wildman–Crippen LogP) is 3.97. The molecular formula is C26H30F3N3O2. The zero-order chi connectivity index (χ0) is 23.7. The minimum Gasteiger partial charge on any atom is -0.492 e. The first-order valence-electron chi connectivity index (χ1n) is 12.0. The highest BCUT2D eigenvalue weighted by Crippen LogP contribution is 2.40. The second kappa shape index (κ2) is 9.49. The summed E-state index contributed by atoms with van der Waals surface area (Å²) in [5, 5.41) is 3.07. The van der Waals surface area contributed by atoms with Crippen LogP contribution in [0, 0.1) is 11.8 Å². The summed E-state index contributed by atoms with van der Waals surface area (Å²) in [4.78, 5) is 17.6. The van der Waals surface area contributed by atoms with Crippen LogP contribution in [0.5, 0.6) is 5.75 Å². The summed E-state index contributed by atoms with van der Waals surface area (Å²) in [5.41, 5.74) is 0.779. The number of carbonyl (C=O) groups excluding carboxylic acids is 1. The molecule has 3 aliphatic rings. The molecule has 1 saturated carbocycles. The smallest absolute Gasteiger partial charge is 0.416 e. The van der Waals surface area contributed by atoms with Gasteiger partial charge < -0.3 is 15.0 Å². The van der Waals surface area contributed by atoms with Gasteiger partial charge in [0, 0.05) is 38.4 Å². The Kier molecular flexibility index (Phi) is 6.42. The maximum atomic E-state index is 13.3. The zero-order valence-electron chi connectivity index (χ0n) is 19.1. The number of amides is 1. The lowest BCUT2D eigenvalue weighted by atomic mass is 9.82. The van der Waals surface area contributed by atoms with Crippen molar-refractivity contribution in [2.24, 2.45) is 11.8 Å². The van der Waals surface area contributed by atoms with Crippen molar-refractivity contribution in [1.29, 1.82) is 0 Å². The van der Waals surface area contributed by atoms with E-state index in [-0.39, 0.29) is 17.9 Å². The fourth-order valence-corrected chi connectivity index (χ4v) is 5.07. The Hall–Kier alpha value is -2.74. The number of halogens is 3. The van der Waals surface area contributed by atoms with Crippen LogP contribution in [-0.2, 0) is 17.4 Å². The van der Waals surface area contributed by atoms with Crippen molar-refractivity contribution in [2.45, 2.75) is 31.5 Å². The SMILES string of the molecule is O=C(NCC1CC1)[C@H]1Cc2cc(C(F)(F)F)ccc2N2CCN(CCOc3ccccc3)C[C@@H]12. The van der Waals surface area contributed by atoms with E-state index in [9.17, 15) is 18.0 Å². The molecule has 0 spiro atoms. The van der Waals surface area contributed by atoms with E-state index in [4.69, 9.17) is 4.74 Å². The van der Waals surface area contributed by atoms with Gasteiger partial charge in [0.15, 0.2) is 0 Å². The van der Waals surface area contributed by atoms with E-state index in [1.807, 2.05) is 30.3 Å². The average Bonchev–Trinajstić information content (AvgIpc) is 3.66. The van der Waals surface area contributed by atoms with Crippen LogP contribution in [0.4, 0.5) is 18.9 Å². The minimum absolute atomic E-state index is 0.0488. The molecule has 34 heavy (non-hydrogen) atoms. The quantitative estimate of drug-likeness (QED) is 0.661. The van der Waals surface area contributed by atoms with Gasteiger partial charge in [-0.3, -0.25) is 9.69 Å². The largest absolute Gasteiger partial charge is 0.492 e. The van der Waals surface area contributed by atoms with Crippen molar-refractivity contribution in [3.8, 4) is 5.75 Å². The van der Waals surface area contributed by atoms with E-state index in [1.165, 1.54) is 6.07 Å².